The normalized spacial score (nSPS) is 38.0. The van der Waals surface area contributed by atoms with Crippen LogP contribution < -0.4 is 10.6 Å². The topological polar surface area (TPSA) is 108 Å². The van der Waals surface area contributed by atoms with Gasteiger partial charge in [0.2, 0.25) is 17.7 Å². The molecule has 3 rings (SSSR count). The molecular formula is C18H29N3O5. The number of ether oxygens (including phenoxy) is 1. The predicted octanol–water partition coefficient (Wildman–Crippen LogP) is -0.596. The Labute approximate surface area is 153 Å². The molecule has 0 aromatic carbocycles. The average molecular weight is 367 g/mol. The summed E-state index contributed by atoms with van der Waals surface area (Å²) in [6.07, 6.45) is 1.81. The minimum absolute atomic E-state index is 0.0518. The first-order chi connectivity index (χ1) is 12.3. The van der Waals surface area contributed by atoms with E-state index in [9.17, 15) is 19.5 Å². The van der Waals surface area contributed by atoms with Crippen LogP contribution >= 0.6 is 0 Å². The van der Waals surface area contributed by atoms with Crippen LogP contribution in [0.15, 0.2) is 0 Å². The molecule has 5 atom stereocenters. The first-order valence-electron chi connectivity index (χ1n) is 9.41. The van der Waals surface area contributed by atoms with Crippen molar-refractivity contribution in [3.05, 3.63) is 0 Å². The van der Waals surface area contributed by atoms with E-state index in [1.165, 1.54) is 4.90 Å². The van der Waals surface area contributed by atoms with E-state index in [-0.39, 0.29) is 36.9 Å². The first kappa shape index (κ1) is 19.1. The van der Waals surface area contributed by atoms with E-state index >= 15 is 0 Å². The lowest BCUT2D eigenvalue weighted by Gasteiger charge is -2.33. The molecule has 3 heterocycles. The Balaban J connectivity index is 2.08. The molecule has 3 saturated heterocycles. The Morgan fingerprint density at radius 2 is 2.04 bits per heavy atom. The van der Waals surface area contributed by atoms with E-state index in [1.54, 1.807) is 7.05 Å². The van der Waals surface area contributed by atoms with E-state index in [0.29, 0.717) is 19.3 Å². The van der Waals surface area contributed by atoms with Gasteiger partial charge < -0.3 is 25.4 Å². The number of hydrogen-bond acceptors (Lipinski definition) is 5. The van der Waals surface area contributed by atoms with Crippen molar-refractivity contribution in [1.82, 2.24) is 15.5 Å². The third kappa shape index (κ3) is 2.38. The zero-order valence-corrected chi connectivity index (χ0v) is 15.9. The fraction of sp³-hybridized carbons (Fsp3) is 0.833. The highest BCUT2D eigenvalue weighted by atomic mass is 16.5. The van der Waals surface area contributed by atoms with Crippen LogP contribution in [0.2, 0.25) is 0 Å². The molecular weight excluding hydrogens is 338 g/mol. The Morgan fingerprint density at radius 1 is 1.35 bits per heavy atom. The van der Waals surface area contributed by atoms with Crippen molar-refractivity contribution < 1.29 is 24.2 Å². The molecule has 0 aromatic rings. The second-order valence-corrected chi connectivity index (χ2v) is 7.87. The standard InChI is InChI=1S/C18H29N3O5/c1-5-17-6-7-18(26-17)12(11(17)14(23)19-4)16(25)21(8-9-22)13(18)15(24)20-10(2)3/h10-13,22H,5-9H2,1-4H3,(H,19,23)(H,20,24)/t11-,12-,13?,17+,18?/m0/s1. The van der Waals surface area contributed by atoms with Crippen molar-refractivity contribution in [3.8, 4) is 0 Å². The minimum atomic E-state index is -1.00. The predicted molar refractivity (Wildman–Crippen MR) is 93.0 cm³/mol. The molecule has 0 radical (unpaired) electrons. The molecule has 0 aromatic heterocycles. The van der Waals surface area contributed by atoms with E-state index in [4.69, 9.17) is 4.74 Å². The summed E-state index contributed by atoms with van der Waals surface area (Å²) < 4.78 is 6.45. The van der Waals surface area contributed by atoms with Gasteiger partial charge in [-0.05, 0) is 33.1 Å². The quantitative estimate of drug-likeness (QED) is 0.581. The summed E-state index contributed by atoms with van der Waals surface area (Å²) >= 11 is 0. The number of carbonyl (C=O) groups excluding carboxylic acids is 3. The van der Waals surface area contributed by atoms with Gasteiger partial charge in [0.15, 0.2) is 0 Å². The van der Waals surface area contributed by atoms with Crippen molar-refractivity contribution in [1.29, 1.82) is 0 Å². The summed E-state index contributed by atoms with van der Waals surface area (Å²) in [5, 5.41) is 15.0. The van der Waals surface area contributed by atoms with Gasteiger partial charge in [-0.1, -0.05) is 6.92 Å². The highest BCUT2D eigenvalue weighted by molar-refractivity contribution is 5.99. The maximum absolute atomic E-state index is 13.2. The first-order valence-corrected chi connectivity index (χ1v) is 9.41. The van der Waals surface area contributed by atoms with Crippen LogP contribution in [0.3, 0.4) is 0 Å². The molecule has 8 heteroatoms. The van der Waals surface area contributed by atoms with Gasteiger partial charge in [-0.2, -0.15) is 0 Å². The summed E-state index contributed by atoms with van der Waals surface area (Å²) in [5.41, 5.74) is -1.71. The van der Waals surface area contributed by atoms with E-state index < -0.39 is 29.1 Å². The van der Waals surface area contributed by atoms with Gasteiger partial charge in [0.1, 0.15) is 11.6 Å². The van der Waals surface area contributed by atoms with E-state index in [0.717, 1.165) is 0 Å². The highest BCUT2D eigenvalue weighted by Gasteiger charge is 2.78. The molecule has 3 aliphatic heterocycles. The summed E-state index contributed by atoms with van der Waals surface area (Å²) in [6.45, 7) is 5.47. The van der Waals surface area contributed by atoms with E-state index in [2.05, 4.69) is 10.6 Å². The Morgan fingerprint density at radius 3 is 2.58 bits per heavy atom. The number of aliphatic hydroxyl groups excluding tert-OH is 1. The van der Waals surface area contributed by atoms with Crippen LogP contribution in [0.25, 0.3) is 0 Å². The second kappa shape index (κ2) is 6.49. The van der Waals surface area contributed by atoms with Gasteiger partial charge in [0, 0.05) is 19.6 Å². The Bertz CT molecular complexity index is 624. The van der Waals surface area contributed by atoms with Crippen LogP contribution in [-0.4, -0.2) is 71.2 Å². The van der Waals surface area contributed by atoms with Crippen molar-refractivity contribution in [3.63, 3.8) is 0 Å². The lowest BCUT2D eigenvalue weighted by Crippen LogP contribution is -2.56. The smallest absolute Gasteiger partial charge is 0.246 e. The van der Waals surface area contributed by atoms with Gasteiger partial charge in [0.25, 0.3) is 0 Å². The van der Waals surface area contributed by atoms with Crippen molar-refractivity contribution in [2.24, 2.45) is 11.8 Å². The molecule has 3 amide bonds. The van der Waals surface area contributed by atoms with Gasteiger partial charge >= 0.3 is 0 Å². The third-order valence-electron chi connectivity index (χ3n) is 6.23. The van der Waals surface area contributed by atoms with Crippen LogP contribution in [-0.2, 0) is 19.1 Å². The molecule has 3 aliphatic rings. The number of amides is 3. The number of hydrogen-bond donors (Lipinski definition) is 3. The lowest BCUT2D eigenvalue weighted by molar-refractivity contribution is -0.148. The molecule has 2 unspecified atom stereocenters. The van der Waals surface area contributed by atoms with Gasteiger partial charge in [0.05, 0.1) is 24.0 Å². The largest absolute Gasteiger partial charge is 0.395 e. The number of likely N-dealkylation sites (tertiary alicyclic amines) is 1. The summed E-state index contributed by atoms with van der Waals surface area (Å²) in [5.74, 6) is -2.08. The van der Waals surface area contributed by atoms with Crippen LogP contribution in [0.5, 0.6) is 0 Å². The number of fused-ring (bicyclic) bond motifs is 1. The SMILES string of the molecule is CC[C@]12CCC3(O1)C(C(=O)NC(C)C)N(CCO)C(=O)[C@@H]3[C@H]2C(=O)NC. The fourth-order valence-corrected chi connectivity index (χ4v) is 5.28. The van der Waals surface area contributed by atoms with Crippen molar-refractivity contribution in [2.75, 3.05) is 20.2 Å². The van der Waals surface area contributed by atoms with Gasteiger partial charge in [-0.15, -0.1) is 0 Å². The van der Waals surface area contributed by atoms with Crippen LogP contribution in [0.1, 0.15) is 40.0 Å². The maximum Gasteiger partial charge on any atom is 0.246 e. The van der Waals surface area contributed by atoms with E-state index in [1.807, 2.05) is 20.8 Å². The van der Waals surface area contributed by atoms with Crippen molar-refractivity contribution in [2.45, 2.75) is 63.3 Å². The Kier molecular flexibility index (Phi) is 4.77. The second-order valence-electron chi connectivity index (χ2n) is 7.87. The van der Waals surface area contributed by atoms with Crippen LogP contribution in [0, 0.1) is 11.8 Å². The molecule has 8 nitrogen and oxygen atoms in total. The molecule has 1 spiro atoms. The number of nitrogens with zero attached hydrogens (tertiary/aromatic N) is 1. The fourth-order valence-electron chi connectivity index (χ4n) is 5.28. The minimum Gasteiger partial charge on any atom is -0.395 e. The monoisotopic (exact) mass is 367 g/mol. The number of aliphatic hydroxyl groups is 1. The average Bonchev–Trinajstić information content (AvgIpc) is 3.18. The number of rotatable bonds is 6. The number of nitrogens with one attached hydrogen (secondary N) is 2. The highest BCUT2D eigenvalue weighted by Crippen LogP contribution is 2.64. The molecule has 0 aliphatic carbocycles. The van der Waals surface area contributed by atoms with Crippen LogP contribution in [0.4, 0.5) is 0 Å². The molecule has 146 valence electrons. The molecule has 26 heavy (non-hydrogen) atoms. The summed E-state index contributed by atoms with van der Waals surface area (Å²) in [4.78, 5) is 40.3. The Hall–Kier alpha value is -1.67. The molecule has 2 bridgehead atoms. The summed E-state index contributed by atoms with van der Waals surface area (Å²) in [7, 11) is 1.55. The molecule has 3 fully saturated rings. The molecule has 3 N–H and O–H groups in total. The van der Waals surface area contributed by atoms with Gasteiger partial charge in [-0.25, -0.2) is 0 Å². The van der Waals surface area contributed by atoms with Gasteiger partial charge in [-0.3, -0.25) is 14.4 Å². The molecule has 0 saturated carbocycles. The van der Waals surface area contributed by atoms with Crippen molar-refractivity contribution >= 4 is 17.7 Å². The maximum atomic E-state index is 13.2. The zero-order chi connectivity index (χ0) is 19.3. The summed E-state index contributed by atoms with van der Waals surface area (Å²) in [6, 6.07) is -0.907. The number of carbonyl (C=O) groups is 3. The third-order valence-corrected chi connectivity index (χ3v) is 6.23. The lowest BCUT2D eigenvalue weighted by atomic mass is 9.65. The zero-order valence-electron chi connectivity index (χ0n) is 15.9. The number of β-amino-alcohol motifs (C(OH)–C–C–N with tert-alkyl or cyclic N) is 1.